The van der Waals surface area contributed by atoms with Gasteiger partial charge in [-0.15, -0.1) is 0 Å². The first kappa shape index (κ1) is 30.4. The van der Waals surface area contributed by atoms with Crippen molar-refractivity contribution in [3.8, 4) is 5.88 Å². The number of nitrogens with one attached hydrogen (secondary N) is 2. The molecule has 4 N–H and O–H groups in total. The van der Waals surface area contributed by atoms with E-state index in [1.54, 1.807) is 0 Å². The number of rotatable bonds is 11. The molecule has 0 spiro atoms. The highest BCUT2D eigenvalue weighted by atomic mass is 16.5. The minimum Gasteiger partial charge on any atom is -0.476 e. The van der Waals surface area contributed by atoms with Crippen molar-refractivity contribution in [2.75, 3.05) is 36.9 Å². The summed E-state index contributed by atoms with van der Waals surface area (Å²) in [6.07, 6.45) is 10.3. The Morgan fingerprint density at radius 3 is 2.34 bits per heavy atom. The Morgan fingerprint density at radius 1 is 1.09 bits per heavy atom. The largest absolute Gasteiger partial charge is 0.476 e. The monoisotopic (exact) mass is 483 g/mol. The molecule has 2 aromatic rings. The summed E-state index contributed by atoms with van der Waals surface area (Å²) in [5, 5.41) is 10.5. The minimum absolute atomic E-state index is 0.528. The van der Waals surface area contributed by atoms with Gasteiger partial charge in [0.05, 0.1) is 0 Å². The van der Waals surface area contributed by atoms with E-state index in [9.17, 15) is 0 Å². The first-order valence-electron chi connectivity index (χ1n) is 13.5. The SMILES string of the molecule is CC.CCCN(CCC)c1cc(N)nc(OCCNC2CCCCC2)c1.Cc1cccc(C=N)c1. The molecule has 1 aliphatic rings. The highest BCUT2D eigenvalue weighted by Gasteiger charge is 2.12. The lowest BCUT2D eigenvalue weighted by Crippen LogP contribution is -2.34. The molecule has 0 amide bonds. The average Bonchev–Trinajstić information content (AvgIpc) is 2.88. The molecule has 1 saturated carbocycles. The van der Waals surface area contributed by atoms with E-state index >= 15 is 0 Å². The molecule has 6 nitrogen and oxygen atoms in total. The van der Waals surface area contributed by atoms with Gasteiger partial charge in [-0.2, -0.15) is 4.98 Å². The van der Waals surface area contributed by atoms with Crippen LogP contribution in [0, 0.1) is 12.3 Å². The number of aryl methyl sites for hydroxylation is 1. The van der Waals surface area contributed by atoms with Gasteiger partial charge in [0, 0.05) is 49.7 Å². The van der Waals surface area contributed by atoms with Crippen LogP contribution in [0.5, 0.6) is 5.88 Å². The topological polar surface area (TPSA) is 87.3 Å². The average molecular weight is 484 g/mol. The van der Waals surface area contributed by atoms with Gasteiger partial charge in [0.2, 0.25) is 5.88 Å². The van der Waals surface area contributed by atoms with Crippen LogP contribution in [0.3, 0.4) is 0 Å². The van der Waals surface area contributed by atoms with Crippen molar-refractivity contribution < 1.29 is 4.74 Å². The summed E-state index contributed by atoms with van der Waals surface area (Å²) in [6, 6.07) is 12.5. The number of nitrogen functional groups attached to an aromatic ring is 1. The lowest BCUT2D eigenvalue weighted by molar-refractivity contribution is 0.281. The number of hydrogen-bond donors (Lipinski definition) is 3. The maximum atomic E-state index is 6.92. The quantitative estimate of drug-likeness (QED) is 0.247. The van der Waals surface area contributed by atoms with Gasteiger partial charge in [-0.3, -0.25) is 0 Å². The number of nitrogens with two attached hydrogens (primary N) is 1. The van der Waals surface area contributed by atoms with Crippen molar-refractivity contribution in [3.05, 3.63) is 47.5 Å². The summed E-state index contributed by atoms with van der Waals surface area (Å²) in [7, 11) is 0. The second-order valence-corrected chi connectivity index (χ2v) is 8.77. The maximum Gasteiger partial charge on any atom is 0.217 e. The fourth-order valence-electron chi connectivity index (χ4n) is 4.16. The van der Waals surface area contributed by atoms with Crippen molar-refractivity contribution in [2.45, 2.75) is 85.6 Å². The van der Waals surface area contributed by atoms with E-state index in [1.165, 1.54) is 43.9 Å². The van der Waals surface area contributed by atoms with Crippen LogP contribution in [-0.2, 0) is 0 Å². The number of hydrogen-bond acceptors (Lipinski definition) is 6. The second kappa shape index (κ2) is 18.7. The number of anilines is 2. The standard InChI is InChI=1S/C19H34N4O.C8H9N.C2H6/c1-3-11-23(12-4-2)17-14-18(20)22-19(15-17)24-13-10-21-16-8-6-5-7-9-16;1-7-3-2-4-8(5-7)6-9;1-2/h14-16,21H,3-13H2,1-2H3,(H2,20,22);2-6,9H,1H3;1-2H3. The van der Waals surface area contributed by atoms with Gasteiger partial charge in [-0.1, -0.05) is 76.8 Å². The van der Waals surface area contributed by atoms with E-state index in [-0.39, 0.29) is 0 Å². The van der Waals surface area contributed by atoms with Crippen LogP contribution in [0.1, 0.15) is 83.8 Å². The van der Waals surface area contributed by atoms with Crippen LogP contribution in [0.15, 0.2) is 36.4 Å². The van der Waals surface area contributed by atoms with Gasteiger partial charge in [0.1, 0.15) is 12.4 Å². The predicted octanol–water partition coefficient (Wildman–Crippen LogP) is 6.61. The van der Waals surface area contributed by atoms with E-state index in [0.29, 0.717) is 24.3 Å². The molecule has 1 aromatic carbocycles. The van der Waals surface area contributed by atoms with E-state index in [4.69, 9.17) is 15.9 Å². The van der Waals surface area contributed by atoms with E-state index < -0.39 is 0 Å². The normalized spacial score (nSPS) is 13.1. The van der Waals surface area contributed by atoms with Crippen LogP contribution in [0.4, 0.5) is 11.5 Å². The number of nitrogens with zero attached hydrogens (tertiary/aromatic N) is 2. The maximum absolute atomic E-state index is 6.92. The van der Waals surface area contributed by atoms with Gasteiger partial charge < -0.3 is 26.1 Å². The molecule has 6 heteroatoms. The molecule has 0 bridgehead atoms. The molecular weight excluding hydrogens is 434 g/mol. The van der Waals surface area contributed by atoms with Crippen LogP contribution < -0.4 is 20.7 Å². The lowest BCUT2D eigenvalue weighted by Gasteiger charge is -2.24. The fourth-order valence-corrected chi connectivity index (χ4v) is 4.16. The molecule has 35 heavy (non-hydrogen) atoms. The molecule has 0 atom stereocenters. The summed E-state index contributed by atoms with van der Waals surface area (Å²) >= 11 is 0. The van der Waals surface area contributed by atoms with E-state index in [2.05, 4.69) is 29.0 Å². The predicted molar refractivity (Wildman–Crippen MR) is 152 cm³/mol. The molecular formula is C29H49N5O. The number of ether oxygens (including phenoxy) is 1. The van der Waals surface area contributed by atoms with Crippen LogP contribution in [0.2, 0.25) is 0 Å². The molecule has 1 fully saturated rings. The van der Waals surface area contributed by atoms with Crippen LogP contribution >= 0.6 is 0 Å². The molecule has 0 unspecified atom stereocenters. The molecule has 0 aliphatic heterocycles. The Balaban J connectivity index is 0.000000464. The Morgan fingerprint density at radius 2 is 1.77 bits per heavy atom. The van der Waals surface area contributed by atoms with E-state index in [0.717, 1.165) is 43.7 Å². The van der Waals surface area contributed by atoms with Crippen molar-refractivity contribution in [2.24, 2.45) is 0 Å². The third-order valence-electron chi connectivity index (χ3n) is 5.76. The van der Waals surface area contributed by atoms with Crippen LogP contribution in [0.25, 0.3) is 0 Å². The smallest absolute Gasteiger partial charge is 0.217 e. The molecule has 1 aliphatic carbocycles. The van der Waals surface area contributed by atoms with Crippen molar-refractivity contribution >= 4 is 17.7 Å². The number of benzene rings is 1. The zero-order valence-electron chi connectivity index (χ0n) is 22.8. The molecule has 3 rings (SSSR count). The Kier molecular flexibility index (Phi) is 16.3. The number of aromatic nitrogens is 1. The van der Waals surface area contributed by atoms with Crippen molar-refractivity contribution in [1.82, 2.24) is 10.3 Å². The summed E-state index contributed by atoms with van der Waals surface area (Å²) in [5.74, 6) is 1.16. The first-order valence-corrected chi connectivity index (χ1v) is 13.5. The van der Waals surface area contributed by atoms with Gasteiger partial charge >= 0.3 is 0 Å². The third-order valence-corrected chi connectivity index (χ3v) is 5.76. The summed E-state index contributed by atoms with van der Waals surface area (Å²) in [4.78, 5) is 6.67. The second-order valence-electron chi connectivity index (χ2n) is 8.77. The first-order chi connectivity index (χ1) is 17.0. The Bertz CT molecular complexity index is 814. The molecule has 0 saturated heterocycles. The third kappa shape index (κ3) is 12.6. The molecule has 1 aromatic heterocycles. The fraction of sp³-hybridized carbons (Fsp3) is 0.586. The molecule has 196 valence electrons. The van der Waals surface area contributed by atoms with Crippen molar-refractivity contribution in [1.29, 1.82) is 5.41 Å². The van der Waals surface area contributed by atoms with Gasteiger partial charge in [0.15, 0.2) is 0 Å². The van der Waals surface area contributed by atoms with Gasteiger partial charge in [-0.25, -0.2) is 0 Å². The van der Waals surface area contributed by atoms with E-state index in [1.807, 2.05) is 57.2 Å². The summed E-state index contributed by atoms with van der Waals surface area (Å²) in [6.45, 7) is 14.0. The van der Waals surface area contributed by atoms with Crippen molar-refractivity contribution in [3.63, 3.8) is 0 Å². The zero-order valence-corrected chi connectivity index (χ0v) is 22.8. The Labute approximate surface area is 214 Å². The Hall–Kier alpha value is -2.60. The minimum atomic E-state index is 0.528. The molecule has 1 heterocycles. The summed E-state index contributed by atoms with van der Waals surface area (Å²) < 4.78 is 5.84. The lowest BCUT2D eigenvalue weighted by atomic mass is 9.96. The zero-order chi connectivity index (χ0) is 25.9. The number of pyridine rings is 1. The summed E-state index contributed by atoms with van der Waals surface area (Å²) in [5.41, 5.74) is 9.26. The van der Waals surface area contributed by atoms with Gasteiger partial charge in [-0.05, 0) is 38.2 Å². The van der Waals surface area contributed by atoms with Gasteiger partial charge in [0.25, 0.3) is 0 Å². The van der Waals surface area contributed by atoms with Crippen LogP contribution in [-0.4, -0.2) is 43.5 Å². The molecule has 0 radical (unpaired) electrons. The highest BCUT2D eigenvalue weighted by Crippen LogP contribution is 2.23. The highest BCUT2D eigenvalue weighted by molar-refractivity contribution is 5.76.